The van der Waals surface area contributed by atoms with Gasteiger partial charge in [0.2, 0.25) is 0 Å². The van der Waals surface area contributed by atoms with Crippen molar-refractivity contribution in [2.75, 3.05) is 6.54 Å². The molecule has 1 aromatic heterocycles. The molecule has 0 fully saturated rings. The molecule has 0 atom stereocenters. The number of hydrogen-bond acceptors (Lipinski definition) is 3. The molecule has 0 spiro atoms. The molecule has 1 aliphatic rings. The van der Waals surface area contributed by atoms with Gasteiger partial charge in [0.25, 0.3) is 0 Å². The molecule has 0 bridgehead atoms. The maximum absolute atomic E-state index is 12.4. The van der Waals surface area contributed by atoms with Crippen LogP contribution in [0.25, 0.3) is 5.69 Å². The van der Waals surface area contributed by atoms with Gasteiger partial charge in [0.15, 0.2) is 0 Å². The Morgan fingerprint density at radius 2 is 1.91 bits per heavy atom. The second-order valence-electron chi connectivity index (χ2n) is 6.91. The van der Waals surface area contributed by atoms with E-state index in [0.29, 0.717) is 13.1 Å². The van der Waals surface area contributed by atoms with Crippen LogP contribution in [0.5, 0.6) is 0 Å². The largest absolute Gasteiger partial charge is 0.444 e. The Kier molecular flexibility index (Phi) is 3.88. The lowest BCUT2D eigenvalue weighted by molar-refractivity contribution is 0.0220. The summed E-state index contributed by atoms with van der Waals surface area (Å²) in [5, 5.41) is 4.67. The summed E-state index contributed by atoms with van der Waals surface area (Å²) in [6, 6.07) is 10.0. The van der Waals surface area contributed by atoms with Gasteiger partial charge in [0.05, 0.1) is 23.6 Å². The summed E-state index contributed by atoms with van der Waals surface area (Å²) in [6.45, 7) is 8.89. The Morgan fingerprint density at radius 1 is 1.22 bits per heavy atom. The Hall–Kier alpha value is -2.30. The fourth-order valence-electron chi connectivity index (χ4n) is 2.87. The molecule has 5 nitrogen and oxygen atoms in total. The Morgan fingerprint density at radius 3 is 2.57 bits per heavy atom. The number of hydrogen-bond donors (Lipinski definition) is 0. The molecule has 1 aliphatic heterocycles. The van der Waals surface area contributed by atoms with Crippen molar-refractivity contribution in [1.82, 2.24) is 14.7 Å². The third kappa shape index (κ3) is 3.23. The van der Waals surface area contributed by atoms with Crippen molar-refractivity contribution in [1.29, 1.82) is 0 Å². The normalized spacial score (nSPS) is 14.5. The topological polar surface area (TPSA) is 47.4 Å². The van der Waals surface area contributed by atoms with Crippen LogP contribution < -0.4 is 0 Å². The summed E-state index contributed by atoms with van der Waals surface area (Å²) in [5.41, 5.74) is 3.89. The van der Waals surface area contributed by atoms with Crippen LogP contribution in [0.4, 0.5) is 4.79 Å². The molecule has 0 N–H and O–H groups in total. The van der Waals surface area contributed by atoms with E-state index in [9.17, 15) is 4.79 Å². The van der Waals surface area contributed by atoms with Gasteiger partial charge in [-0.2, -0.15) is 5.10 Å². The first-order valence-corrected chi connectivity index (χ1v) is 7.96. The third-order valence-electron chi connectivity index (χ3n) is 3.92. The average Bonchev–Trinajstić information content (AvgIpc) is 2.83. The van der Waals surface area contributed by atoms with E-state index in [1.165, 1.54) is 5.56 Å². The molecular formula is C18H23N3O2. The summed E-state index contributed by atoms with van der Waals surface area (Å²) < 4.78 is 7.45. The Labute approximate surface area is 136 Å². The molecule has 1 amide bonds. The van der Waals surface area contributed by atoms with E-state index in [1.54, 1.807) is 4.90 Å². The summed E-state index contributed by atoms with van der Waals surface area (Å²) in [5.74, 6) is 0. The number of aryl methyl sites for hydroxylation is 1. The Balaban J connectivity index is 1.89. The minimum atomic E-state index is -0.479. The molecule has 0 radical (unpaired) electrons. The molecule has 2 aromatic rings. The molecule has 0 saturated carbocycles. The van der Waals surface area contributed by atoms with E-state index in [4.69, 9.17) is 4.74 Å². The van der Waals surface area contributed by atoms with E-state index in [1.807, 2.05) is 62.7 Å². The molecule has 5 heteroatoms. The van der Waals surface area contributed by atoms with Crippen LogP contribution in [0.1, 0.15) is 37.7 Å². The van der Waals surface area contributed by atoms with Crippen LogP contribution in [0, 0.1) is 6.92 Å². The number of fused-ring (bicyclic) bond motifs is 1. The first-order valence-electron chi connectivity index (χ1n) is 7.96. The van der Waals surface area contributed by atoms with Crippen molar-refractivity contribution in [2.45, 2.75) is 46.3 Å². The van der Waals surface area contributed by atoms with Gasteiger partial charge < -0.3 is 9.64 Å². The van der Waals surface area contributed by atoms with Crippen LogP contribution in [0.15, 0.2) is 30.3 Å². The van der Waals surface area contributed by atoms with Crippen molar-refractivity contribution in [3.8, 4) is 5.69 Å². The third-order valence-corrected chi connectivity index (χ3v) is 3.92. The number of aromatic nitrogens is 2. The van der Waals surface area contributed by atoms with Crippen molar-refractivity contribution in [3.63, 3.8) is 0 Å². The van der Waals surface area contributed by atoms with Gasteiger partial charge in [-0.15, -0.1) is 0 Å². The minimum Gasteiger partial charge on any atom is -0.444 e. The number of benzene rings is 1. The molecule has 3 rings (SSSR count). The molecule has 0 aliphatic carbocycles. The van der Waals surface area contributed by atoms with Gasteiger partial charge in [-0.1, -0.05) is 18.2 Å². The second-order valence-corrected chi connectivity index (χ2v) is 6.91. The monoisotopic (exact) mass is 313 g/mol. The number of ether oxygens (including phenoxy) is 1. The highest BCUT2D eigenvalue weighted by Crippen LogP contribution is 2.26. The van der Waals surface area contributed by atoms with Gasteiger partial charge in [-0.3, -0.25) is 0 Å². The number of amides is 1. The number of carbonyl (C=O) groups is 1. The summed E-state index contributed by atoms with van der Waals surface area (Å²) >= 11 is 0. The Bertz CT molecular complexity index is 714. The summed E-state index contributed by atoms with van der Waals surface area (Å²) in [7, 11) is 0. The lowest BCUT2D eigenvalue weighted by Crippen LogP contribution is -2.40. The quantitative estimate of drug-likeness (QED) is 0.810. The van der Waals surface area contributed by atoms with E-state index in [-0.39, 0.29) is 6.09 Å². The first-order chi connectivity index (χ1) is 10.8. The standard InChI is InChI=1S/C18H23N3O2/c1-13-15-10-11-20(17(22)23-18(2,3)4)12-16(15)21(19-13)14-8-6-5-7-9-14/h5-9H,10-12H2,1-4H3. The highest BCUT2D eigenvalue weighted by atomic mass is 16.6. The smallest absolute Gasteiger partial charge is 0.410 e. The highest BCUT2D eigenvalue weighted by Gasteiger charge is 2.29. The lowest BCUT2D eigenvalue weighted by atomic mass is 10.1. The molecule has 1 aromatic carbocycles. The molecule has 2 heterocycles. The van der Waals surface area contributed by atoms with Crippen molar-refractivity contribution in [3.05, 3.63) is 47.3 Å². The van der Waals surface area contributed by atoms with Crippen molar-refractivity contribution < 1.29 is 9.53 Å². The SMILES string of the molecule is Cc1nn(-c2ccccc2)c2c1CCN(C(=O)OC(C)(C)C)C2. The van der Waals surface area contributed by atoms with Crippen LogP contribution in [-0.2, 0) is 17.7 Å². The number of carbonyl (C=O) groups excluding carboxylic acids is 1. The lowest BCUT2D eigenvalue weighted by Gasteiger charge is -2.30. The maximum atomic E-state index is 12.4. The van der Waals surface area contributed by atoms with Gasteiger partial charge >= 0.3 is 6.09 Å². The van der Waals surface area contributed by atoms with E-state index in [2.05, 4.69) is 5.10 Å². The molecular weight excluding hydrogens is 290 g/mol. The fraction of sp³-hybridized carbons (Fsp3) is 0.444. The second kappa shape index (κ2) is 5.72. The van der Waals surface area contributed by atoms with Crippen molar-refractivity contribution >= 4 is 6.09 Å². The van der Waals surface area contributed by atoms with Gasteiger partial charge in [0, 0.05) is 12.1 Å². The zero-order valence-corrected chi connectivity index (χ0v) is 14.2. The zero-order chi connectivity index (χ0) is 16.6. The van der Waals surface area contributed by atoms with E-state index >= 15 is 0 Å². The van der Waals surface area contributed by atoms with Crippen LogP contribution >= 0.6 is 0 Å². The van der Waals surface area contributed by atoms with Crippen LogP contribution in [-0.4, -0.2) is 32.9 Å². The van der Waals surface area contributed by atoms with Gasteiger partial charge in [-0.05, 0) is 46.2 Å². The highest BCUT2D eigenvalue weighted by molar-refractivity contribution is 5.68. The van der Waals surface area contributed by atoms with Crippen LogP contribution in [0.3, 0.4) is 0 Å². The fourth-order valence-corrected chi connectivity index (χ4v) is 2.87. The number of nitrogens with zero attached hydrogens (tertiary/aromatic N) is 3. The number of rotatable bonds is 1. The molecule has 23 heavy (non-hydrogen) atoms. The number of para-hydroxylation sites is 1. The predicted molar refractivity (Wildman–Crippen MR) is 88.6 cm³/mol. The van der Waals surface area contributed by atoms with Crippen LogP contribution in [0.2, 0.25) is 0 Å². The summed E-state index contributed by atoms with van der Waals surface area (Å²) in [4.78, 5) is 14.1. The zero-order valence-electron chi connectivity index (χ0n) is 14.2. The van der Waals surface area contributed by atoms with Gasteiger partial charge in [-0.25, -0.2) is 9.48 Å². The predicted octanol–water partition coefficient (Wildman–Crippen LogP) is 3.47. The average molecular weight is 313 g/mol. The van der Waals surface area contributed by atoms with E-state index < -0.39 is 5.60 Å². The molecule has 0 unspecified atom stereocenters. The maximum Gasteiger partial charge on any atom is 0.410 e. The first kappa shape index (κ1) is 15.6. The van der Waals surface area contributed by atoms with E-state index in [0.717, 1.165) is 23.5 Å². The molecule has 122 valence electrons. The van der Waals surface area contributed by atoms with Crippen molar-refractivity contribution in [2.24, 2.45) is 0 Å². The minimum absolute atomic E-state index is 0.262. The molecule has 0 saturated heterocycles. The van der Waals surface area contributed by atoms with Gasteiger partial charge in [0.1, 0.15) is 5.60 Å². The summed E-state index contributed by atoms with van der Waals surface area (Å²) in [6.07, 6.45) is 0.550.